The van der Waals surface area contributed by atoms with E-state index in [9.17, 15) is 4.79 Å². The van der Waals surface area contributed by atoms with Crippen molar-refractivity contribution in [1.82, 2.24) is 14.1 Å². The largest absolute Gasteiger partial charge is 0.512 e. The number of hydrogen-bond donors (Lipinski definition) is 1. The number of carbonyl (C=O) groups is 1. The summed E-state index contributed by atoms with van der Waals surface area (Å²) in [5.41, 5.74) is 32.6. The third kappa shape index (κ3) is 14.8. The van der Waals surface area contributed by atoms with E-state index in [1.165, 1.54) is 258 Å². The van der Waals surface area contributed by atoms with E-state index in [0.717, 1.165) is 11.3 Å². The van der Waals surface area contributed by atoms with E-state index in [1.54, 1.807) is 0 Å². The van der Waals surface area contributed by atoms with Crippen molar-refractivity contribution < 1.29 is 30.0 Å². The van der Waals surface area contributed by atoms with Gasteiger partial charge in [0.1, 0.15) is 7.53 Å². The Labute approximate surface area is 783 Å². The quantitative estimate of drug-likeness (QED) is 0.0298. The molecule has 2 aliphatic carbocycles. The van der Waals surface area contributed by atoms with Gasteiger partial charge in [0.15, 0.2) is 5.78 Å². The maximum atomic E-state index is 10.0. The standard InChI is InChI=1S/C64H36.C36H24N2.C15H10N.C5H8O2.CH4BP.BH3P.Ir/c1-5-17-37(18-6-1)53-41-25-13-14-26-42(41)54(38-19-7-2-8-20-38)62-50-34-30-46-48-32-36-52-60-51(35-31-47(58(48)60)45-29-33-49(61(53)62)59(50)57(45)46)63-55(39-21-9-3-10-22-39)43-27-15-16-28-44(43)56(64(52)63)40-23-11-4-12-24-40;1-5-13-33-29(9-1)30-10-2-6-14-34(30)37(33)27-21-17-25(18-22-27)26-19-23-28(24-20-26)38-35-15-7-3-11-31(35)32-12-4-8-16-36(32)38;1-2-7-13(8-3-1)15-14-9-5-4-6-12(14)10-11-16-15;1-4(6)3-5(2)7;2-1-3;1-2;/h1-36H;1-24H;1-7,9-11H;3,6H,1-2H3;1,3H2;1H,2H2;/q;;-1;;;;/i;;;;;1D;. The maximum absolute atomic E-state index is 10.0. The SMILES string of the molecule is CC(=O)C=C(C)O.[2H][B]P.[B]CP.[Ir].[c-]1ccccc1-c1nccc2ccccc12.c1ccc(-c2c3c(c(-c4ccccc4)c4ccccc24)-c2ccc4c5ccc6c7c(ccc(c8ccc-3c2c84)c75)-c2c-6c(-c3ccccc3)c3ccccc3c2-c2ccccc2)cc1.c1ccc2c(c1)c1ccccc1n2-c1ccc(-c2ccc(-n3c4ccccc4c4ccccc43)cc2)cc1. The summed E-state index contributed by atoms with van der Waals surface area (Å²) in [6.45, 7) is 2.85. The molecule has 10 heteroatoms. The number of fused-ring (bicyclic) bond motifs is 17. The zero-order valence-corrected chi connectivity index (χ0v) is 76.7. The molecule has 24 aromatic rings. The molecule has 0 spiro atoms. The molecule has 2 aliphatic rings. The van der Waals surface area contributed by atoms with Gasteiger partial charge in [-0.15, -0.1) is 45.1 Å². The van der Waals surface area contributed by atoms with Gasteiger partial charge < -0.3 is 19.2 Å². The molecule has 131 heavy (non-hydrogen) atoms. The minimum Gasteiger partial charge on any atom is -0.512 e. The average Bonchev–Trinajstić information content (AvgIpc) is 1.50. The van der Waals surface area contributed by atoms with Crippen LogP contribution in [0.5, 0.6) is 0 Å². The van der Waals surface area contributed by atoms with Crippen LogP contribution in [0.15, 0.2) is 437 Å². The molecule has 0 saturated heterocycles. The predicted molar refractivity (Wildman–Crippen MR) is 564 cm³/mol. The summed E-state index contributed by atoms with van der Waals surface area (Å²) in [5.74, 6) is -0.0625. The molecule has 3 aromatic heterocycles. The van der Waals surface area contributed by atoms with Gasteiger partial charge in [0.2, 0.25) is 0 Å². The van der Waals surface area contributed by atoms with Crippen LogP contribution in [-0.2, 0) is 24.9 Å². The Hall–Kier alpha value is -14.7. The average molecular weight is 1890 g/mol. The van der Waals surface area contributed by atoms with Gasteiger partial charge in [-0.3, -0.25) is 4.79 Å². The summed E-state index contributed by atoms with van der Waals surface area (Å²) >= 11 is 0. The Bertz CT molecular complexity index is 7750. The number of ketones is 1. The van der Waals surface area contributed by atoms with Gasteiger partial charge in [0.25, 0.3) is 0 Å². The van der Waals surface area contributed by atoms with Crippen LogP contribution in [0.25, 0.3) is 242 Å². The topological polar surface area (TPSA) is 60.0 Å². The molecular formula is C121H85B2IrN3O2P2-. The first-order valence-corrected chi connectivity index (χ1v) is 45.4. The predicted octanol–water partition coefficient (Wildman–Crippen LogP) is 32.0. The van der Waals surface area contributed by atoms with Crippen molar-refractivity contribution in [2.45, 2.75) is 13.8 Å². The number of aliphatic hydroxyl groups is 1. The van der Waals surface area contributed by atoms with Gasteiger partial charge >= 0.3 is 0 Å². The van der Waals surface area contributed by atoms with Gasteiger partial charge in [0.05, 0.1) is 35.7 Å². The first-order valence-electron chi connectivity index (χ1n) is 44.5. The number of carbonyl (C=O) groups excluding carboxylic acids is 1. The van der Waals surface area contributed by atoms with Crippen LogP contribution in [0, 0.1) is 6.07 Å². The summed E-state index contributed by atoms with van der Waals surface area (Å²) < 4.78 is 10.8. The monoisotopic (exact) mass is 1890 g/mol. The van der Waals surface area contributed by atoms with Crippen molar-refractivity contribution in [3.63, 3.8) is 0 Å². The Balaban J connectivity index is 0.000000134. The Morgan fingerprint density at radius 3 is 0.916 bits per heavy atom. The van der Waals surface area contributed by atoms with Crippen LogP contribution < -0.4 is 0 Å². The second kappa shape index (κ2) is 36.4. The number of allylic oxidation sites excluding steroid dienone is 2. The molecule has 2 atom stereocenters. The van der Waals surface area contributed by atoms with E-state index in [2.05, 4.69) is 415 Å². The third-order valence-corrected chi connectivity index (χ3v) is 25.5. The van der Waals surface area contributed by atoms with Crippen molar-refractivity contribution in [2.24, 2.45) is 0 Å². The Morgan fingerprint density at radius 1 is 0.344 bits per heavy atom. The summed E-state index contributed by atoms with van der Waals surface area (Å²) in [5, 5.41) is 31.8. The van der Waals surface area contributed by atoms with E-state index in [-0.39, 0.29) is 31.6 Å². The van der Waals surface area contributed by atoms with Crippen LogP contribution in [-0.4, -0.2) is 47.8 Å². The van der Waals surface area contributed by atoms with Gasteiger partial charge in [0, 0.05) is 65.3 Å². The zero-order chi connectivity index (χ0) is 88.7. The molecule has 5 nitrogen and oxygen atoms in total. The minimum atomic E-state index is -0.125. The van der Waals surface area contributed by atoms with Crippen LogP contribution in [0.3, 0.4) is 0 Å². The number of nitrogens with zero attached hydrogens (tertiary/aromatic N) is 3. The summed E-state index contributed by atoms with van der Waals surface area (Å²) in [4.78, 5) is 14.5. The van der Waals surface area contributed by atoms with Gasteiger partial charge in [-0.1, -0.05) is 346 Å². The minimum absolute atomic E-state index is 0. The van der Waals surface area contributed by atoms with E-state index in [4.69, 9.17) is 14.3 Å². The molecule has 21 aromatic carbocycles. The molecule has 0 amide bonds. The van der Waals surface area contributed by atoms with Crippen LogP contribution in [0.4, 0.5) is 0 Å². The second-order valence-corrected chi connectivity index (χ2v) is 33.3. The molecule has 3 heterocycles. The van der Waals surface area contributed by atoms with E-state index in [0.29, 0.717) is 6.06 Å². The van der Waals surface area contributed by atoms with Crippen molar-refractivity contribution in [3.8, 4) is 123 Å². The van der Waals surface area contributed by atoms with Crippen molar-refractivity contribution in [1.29, 1.82) is 1.34 Å². The molecule has 2 unspecified atom stereocenters. The van der Waals surface area contributed by atoms with Gasteiger partial charge in [-0.2, -0.15) is 9.12 Å². The fourth-order valence-electron chi connectivity index (χ4n) is 20.5. The fraction of sp³-hybridized carbons (Fsp3) is 0.0248. The van der Waals surface area contributed by atoms with E-state index < -0.39 is 0 Å². The molecule has 1 N–H and O–H groups in total. The van der Waals surface area contributed by atoms with E-state index in [1.807, 2.05) is 48.7 Å². The number of pyridine rings is 1. The maximum Gasteiger partial charge on any atom is 0.155 e. The number of benzene rings is 21. The van der Waals surface area contributed by atoms with Gasteiger partial charge in [-0.05, 0) is 251 Å². The molecule has 26 rings (SSSR count). The first kappa shape index (κ1) is 83.2. The summed E-state index contributed by atoms with van der Waals surface area (Å²) in [7, 11) is 10.5. The number of hydrogen-bond acceptors (Lipinski definition) is 3. The summed E-state index contributed by atoms with van der Waals surface area (Å²) in [6, 6.07) is 156. The molecule has 0 saturated carbocycles. The number of para-hydroxylation sites is 4. The van der Waals surface area contributed by atoms with Gasteiger partial charge in [-0.25, -0.2) is 0 Å². The fourth-order valence-corrected chi connectivity index (χ4v) is 20.5. The van der Waals surface area contributed by atoms with Crippen LogP contribution >= 0.6 is 18.4 Å². The first-order chi connectivity index (χ1) is 64.6. The number of aliphatic hydroxyl groups excluding tert-OH is 1. The van der Waals surface area contributed by atoms with Crippen LogP contribution in [0.2, 0.25) is 0 Å². The summed E-state index contributed by atoms with van der Waals surface area (Å²) in [6.07, 6.45) is 3.01. The zero-order valence-electron chi connectivity index (χ0n) is 73.0. The van der Waals surface area contributed by atoms with Crippen molar-refractivity contribution in [3.05, 3.63) is 443 Å². The molecule has 0 fully saturated rings. The second-order valence-electron chi connectivity index (χ2n) is 32.8. The smallest absolute Gasteiger partial charge is 0.155 e. The Kier molecular flexibility index (Phi) is 23.2. The molecule has 0 aliphatic heterocycles. The number of aromatic nitrogens is 3. The van der Waals surface area contributed by atoms with Crippen molar-refractivity contribution >= 4 is 159 Å². The molecule has 4 radical (unpaired) electrons. The van der Waals surface area contributed by atoms with E-state index >= 15 is 0 Å². The Morgan fingerprint density at radius 2 is 0.626 bits per heavy atom. The molecular weight excluding hydrogens is 1800 g/mol. The van der Waals surface area contributed by atoms with Crippen LogP contribution in [0.1, 0.15) is 13.8 Å². The molecule has 622 valence electrons. The van der Waals surface area contributed by atoms with Crippen molar-refractivity contribution in [2.75, 3.05) is 6.06 Å². The number of rotatable bonds is 9. The third-order valence-electron chi connectivity index (χ3n) is 25.5. The molecule has 0 bridgehead atoms. The normalized spacial score (nSPS) is 11.6.